The highest BCUT2D eigenvalue weighted by molar-refractivity contribution is 5.28. The zero-order chi connectivity index (χ0) is 14.9. The summed E-state index contributed by atoms with van der Waals surface area (Å²) >= 11 is 0. The van der Waals surface area contributed by atoms with Crippen LogP contribution in [-0.4, -0.2) is 31.1 Å². The van der Waals surface area contributed by atoms with Crippen LogP contribution in [0.4, 0.5) is 0 Å². The van der Waals surface area contributed by atoms with Gasteiger partial charge in [0.2, 0.25) is 0 Å². The van der Waals surface area contributed by atoms with Gasteiger partial charge in [-0.25, -0.2) is 0 Å². The van der Waals surface area contributed by atoms with E-state index in [9.17, 15) is 0 Å². The van der Waals surface area contributed by atoms with E-state index in [2.05, 4.69) is 36.1 Å². The Morgan fingerprint density at radius 2 is 1.71 bits per heavy atom. The lowest BCUT2D eigenvalue weighted by Crippen LogP contribution is -2.28. The second-order valence-electron chi connectivity index (χ2n) is 6.48. The van der Waals surface area contributed by atoms with Crippen LogP contribution in [0.25, 0.3) is 0 Å². The van der Waals surface area contributed by atoms with E-state index in [1.807, 2.05) is 0 Å². The molecule has 0 amide bonds. The zero-order valence-electron chi connectivity index (χ0n) is 13.7. The fraction of sp³-hybridized carbons (Fsp3) is 0.684. The van der Waals surface area contributed by atoms with Gasteiger partial charge >= 0.3 is 0 Å². The lowest BCUT2D eigenvalue weighted by Gasteiger charge is -2.21. The molecule has 1 aliphatic heterocycles. The topological polar surface area (TPSA) is 29.3 Å². The highest BCUT2D eigenvalue weighted by Gasteiger charge is 2.14. The van der Waals surface area contributed by atoms with Crippen molar-refractivity contribution < 1.29 is 0 Å². The Morgan fingerprint density at radius 3 is 2.29 bits per heavy atom. The summed E-state index contributed by atoms with van der Waals surface area (Å²) in [5, 5.41) is 0. The van der Waals surface area contributed by atoms with Crippen molar-refractivity contribution in [3.05, 3.63) is 35.4 Å². The van der Waals surface area contributed by atoms with Crippen molar-refractivity contribution in [1.29, 1.82) is 0 Å². The average Bonchev–Trinajstić information content (AvgIpc) is 2.71. The summed E-state index contributed by atoms with van der Waals surface area (Å²) in [6, 6.07) is 8.96. The first kappa shape index (κ1) is 16.5. The van der Waals surface area contributed by atoms with Gasteiger partial charge in [0.05, 0.1) is 0 Å². The number of rotatable bonds is 8. The Labute approximate surface area is 130 Å². The van der Waals surface area contributed by atoms with Crippen LogP contribution in [0.2, 0.25) is 0 Å². The van der Waals surface area contributed by atoms with Crippen molar-refractivity contribution in [2.24, 2.45) is 11.7 Å². The molecule has 0 radical (unpaired) electrons. The Balaban J connectivity index is 1.72. The Hall–Kier alpha value is -0.860. The second kappa shape index (κ2) is 9.22. The van der Waals surface area contributed by atoms with Gasteiger partial charge in [0.15, 0.2) is 0 Å². The predicted octanol–water partition coefficient (Wildman–Crippen LogP) is 3.63. The van der Waals surface area contributed by atoms with Crippen LogP contribution in [0.1, 0.15) is 50.2 Å². The van der Waals surface area contributed by atoms with E-state index in [0.717, 1.165) is 12.5 Å². The number of nitrogens with zero attached hydrogens (tertiary/aromatic N) is 1. The largest absolute Gasteiger partial charge is 0.330 e. The SMILES string of the molecule is CCCC(CCN)CCCN1CCc2ccccc2CC1. The number of fused-ring (bicyclic) bond motifs is 1. The maximum atomic E-state index is 5.73. The van der Waals surface area contributed by atoms with Gasteiger partial charge in [-0.2, -0.15) is 0 Å². The van der Waals surface area contributed by atoms with Crippen molar-refractivity contribution in [1.82, 2.24) is 4.90 Å². The predicted molar refractivity (Wildman–Crippen MR) is 91.6 cm³/mol. The molecule has 21 heavy (non-hydrogen) atoms. The normalized spacial score (nSPS) is 17.2. The first-order valence-electron chi connectivity index (χ1n) is 8.82. The first-order valence-corrected chi connectivity index (χ1v) is 8.82. The molecule has 0 aromatic heterocycles. The monoisotopic (exact) mass is 288 g/mol. The van der Waals surface area contributed by atoms with Crippen LogP contribution in [0.3, 0.4) is 0 Å². The molecular formula is C19H32N2. The van der Waals surface area contributed by atoms with Crippen LogP contribution in [0.15, 0.2) is 24.3 Å². The molecule has 1 atom stereocenters. The Kier molecular flexibility index (Phi) is 7.25. The molecule has 0 bridgehead atoms. The average molecular weight is 288 g/mol. The van der Waals surface area contributed by atoms with Crippen LogP contribution < -0.4 is 5.73 Å². The maximum absolute atomic E-state index is 5.73. The van der Waals surface area contributed by atoms with Crippen LogP contribution in [-0.2, 0) is 12.8 Å². The number of hydrogen-bond donors (Lipinski definition) is 1. The summed E-state index contributed by atoms with van der Waals surface area (Å²) in [7, 11) is 0. The summed E-state index contributed by atoms with van der Waals surface area (Å²) in [6.07, 6.45) is 8.98. The summed E-state index contributed by atoms with van der Waals surface area (Å²) in [4.78, 5) is 2.66. The van der Waals surface area contributed by atoms with Crippen molar-refractivity contribution in [2.75, 3.05) is 26.2 Å². The summed E-state index contributed by atoms with van der Waals surface area (Å²) in [5.74, 6) is 0.851. The minimum absolute atomic E-state index is 0.851. The van der Waals surface area contributed by atoms with Gasteiger partial charge in [0.25, 0.3) is 0 Å². The maximum Gasteiger partial charge on any atom is 0.00221 e. The van der Waals surface area contributed by atoms with E-state index in [0.29, 0.717) is 0 Å². The highest BCUT2D eigenvalue weighted by Crippen LogP contribution is 2.19. The molecule has 0 saturated carbocycles. The fourth-order valence-electron chi connectivity index (χ4n) is 3.62. The van der Waals surface area contributed by atoms with Gasteiger partial charge in [-0.3, -0.25) is 0 Å². The molecule has 2 nitrogen and oxygen atoms in total. The van der Waals surface area contributed by atoms with Gasteiger partial charge in [0.1, 0.15) is 0 Å². The van der Waals surface area contributed by atoms with Crippen molar-refractivity contribution >= 4 is 0 Å². The third kappa shape index (κ3) is 5.44. The smallest absolute Gasteiger partial charge is 0.00221 e. The van der Waals surface area contributed by atoms with E-state index in [-0.39, 0.29) is 0 Å². The van der Waals surface area contributed by atoms with Gasteiger partial charge in [-0.15, -0.1) is 0 Å². The Morgan fingerprint density at radius 1 is 1.05 bits per heavy atom. The fourth-order valence-corrected chi connectivity index (χ4v) is 3.62. The highest BCUT2D eigenvalue weighted by atomic mass is 15.1. The Bertz CT molecular complexity index is 369. The molecule has 0 aliphatic carbocycles. The molecule has 0 spiro atoms. The van der Waals surface area contributed by atoms with Crippen molar-refractivity contribution in [2.45, 2.75) is 51.9 Å². The standard InChI is InChI=1S/C19H32N2/c1-2-6-17(10-13-20)7-5-14-21-15-11-18-8-3-4-9-19(18)12-16-21/h3-4,8-9,17H,2,5-7,10-16,20H2,1H3. The number of hydrogen-bond acceptors (Lipinski definition) is 2. The quantitative estimate of drug-likeness (QED) is 0.791. The minimum Gasteiger partial charge on any atom is -0.330 e. The molecule has 2 heteroatoms. The number of benzene rings is 1. The minimum atomic E-state index is 0.851. The molecule has 0 saturated heterocycles. The van der Waals surface area contributed by atoms with Gasteiger partial charge < -0.3 is 10.6 Å². The molecular weight excluding hydrogens is 256 g/mol. The lowest BCUT2D eigenvalue weighted by molar-refractivity contribution is 0.268. The summed E-state index contributed by atoms with van der Waals surface area (Å²) in [5.41, 5.74) is 8.86. The van der Waals surface area contributed by atoms with Gasteiger partial charge in [0, 0.05) is 13.1 Å². The van der Waals surface area contributed by atoms with Gasteiger partial charge in [-0.1, -0.05) is 44.0 Å². The zero-order valence-corrected chi connectivity index (χ0v) is 13.7. The number of nitrogens with two attached hydrogens (primary N) is 1. The third-order valence-electron chi connectivity index (χ3n) is 4.87. The lowest BCUT2D eigenvalue weighted by atomic mass is 9.94. The van der Waals surface area contributed by atoms with Gasteiger partial charge in [-0.05, 0) is 62.2 Å². The first-order chi connectivity index (χ1) is 10.3. The summed E-state index contributed by atoms with van der Waals surface area (Å²) in [6.45, 7) is 6.86. The van der Waals surface area contributed by atoms with Crippen molar-refractivity contribution in [3.8, 4) is 0 Å². The molecule has 0 fully saturated rings. The van der Waals surface area contributed by atoms with Crippen LogP contribution in [0.5, 0.6) is 0 Å². The molecule has 118 valence electrons. The van der Waals surface area contributed by atoms with E-state index in [4.69, 9.17) is 5.73 Å². The van der Waals surface area contributed by atoms with Crippen molar-refractivity contribution in [3.63, 3.8) is 0 Å². The van der Waals surface area contributed by atoms with Crippen LogP contribution in [0, 0.1) is 5.92 Å². The van der Waals surface area contributed by atoms with Crippen LogP contribution >= 0.6 is 0 Å². The van der Waals surface area contributed by atoms with E-state index >= 15 is 0 Å². The van der Waals surface area contributed by atoms with E-state index in [1.54, 1.807) is 11.1 Å². The molecule has 2 N–H and O–H groups in total. The molecule has 1 aromatic carbocycles. The molecule has 1 unspecified atom stereocenters. The molecule has 2 rings (SSSR count). The molecule has 1 heterocycles. The summed E-state index contributed by atoms with van der Waals surface area (Å²) < 4.78 is 0. The van der Waals surface area contributed by atoms with E-state index in [1.165, 1.54) is 64.6 Å². The van der Waals surface area contributed by atoms with E-state index < -0.39 is 0 Å². The third-order valence-corrected chi connectivity index (χ3v) is 4.87. The molecule has 1 aliphatic rings. The second-order valence-corrected chi connectivity index (χ2v) is 6.48. The molecule has 1 aromatic rings.